The first-order chi connectivity index (χ1) is 11.6. The summed E-state index contributed by atoms with van der Waals surface area (Å²) in [6, 6.07) is 12.0. The Morgan fingerprint density at radius 1 is 1.17 bits per heavy atom. The van der Waals surface area contributed by atoms with E-state index in [2.05, 4.69) is 29.4 Å². The number of fused-ring (bicyclic) bond motifs is 1. The van der Waals surface area contributed by atoms with Gasteiger partial charge in [-0.15, -0.1) is 0 Å². The van der Waals surface area contributed by atoms with Crippen LogP contribution < -0.4 is 5.32 Å². The van der Waals surface area contributed by atoms with Crippen LogP contribution in [0.1, 0.15) is 32.3 Å². The second kappa shape index (κ2) is 6.87. The lowest BCUT2D eigenvalue weighted by Crippen LogP contribution is -2.21. The first kappa shape index (κ1) is 16.2. The molecular formula is C20H23N3O. The molecule has 0 unspecified atom stereocenters. The van der Waals surface area contributed by atoms with Crippen molar-refractivity contribution in [3.63, 3.8) is 0 Å². The van der Waals surface area contributed by atoms with Crippen molar-refractivity contribution in [2.24, 2.45) is 5.92 Å². The van der Waals surface area contributed by atoms with Crippen molar-refractivity contribution in [3.8, 4) is 11.3 Å². The van der Waals surface area contributed by atoms with Crippen LogP contribution in [-0.2, 0) is 4.79 Å². The molecule has 0 radical (unpaired) electrons. The molecular weight excluding hydrogens is 298 g/mol. The zero-order valence-corrected chi connectivity index (χ0v) is 14.4. The molecule has 0 saturated carbocycles. The Morgan fingerprint density at radius 2 is 1.88 bits per heavy atom. The van der Waals surface area contributed by atoms with Gasteiger partial charge in [0, 0.05) is 29.6 Å². The quantitative estimate of drug-likeness (QED) is 0.741. The molecule has 124 valence electrons. The van der Waals surface area contributed by atoms with E-state index in [1.165, 1.54) is 5.56 Å². The van der Waals surface area contributed by atoms with Gasteiger partial charge in [0.1, 0.15) is 5.65 Å². The number of imidazole rings is 1. The molecule has 24 heavy (non-hydrogen) atoms. The van der Waals surface area contributed by atoms with Gasteiger partial charge in [0.15, 0.2) is 0 Å². The van der Waals surface area contributed by atoms with Crippen LogP contribution in [0.25, 0.3) is 16.9 Å². The number of aromatic nitrogens is 2. The number of aryl methyl sites for hydroxylation is 1. The number of nitrogens with one attached hydrogen (secondary N) is 1. The number of rotatable bonds is 5. The van der Waals surface area contributed by atoms with Gasteiger partial charge in [0.05, 0.1) is 5.69 Å². The van der Waals surface area contributed by atoms with Crippen molar-refractivity contribution < 1.29 is 4.79 Å². The van der Waals surface area contributed by atoms with E-state index < -0.39 is 0 Å². The summed E-state index contributed by atoms with van der Waals surface area (Å²) in [7, 11) is 0. The number of pyridine rings is 1. The third-order valence-electron chi connectivity index (χ3n) is 4.42. The van der Waals surface area contributed by atoms with Crippen LogP contribution in [0.4, 0.5) is 5.69 Å². The minimum atomic E-state index is 0.0753. The van der Waals surface area contributed by atoms with E-state index in [-0.39, 0.29) is 11.8 Å². The van der Waals surface area contributed by atoms with Crippen LogP contribution in [0.2, 0.25) is 0 Å². The summed E-state index contributed by atoms with van der Waals surface area (Å²) in [6.07, 6.45) is 5.76. The molecule has 0 aliphatic carbocycles. The molecule has 2 aromatic heterocycles. The normalized spacial score (nSPS) is 11.2. The Bertz CT molecular complexity index is 845. The number of hydrogen-bond acceptors (Lipinski definition) is 2. The highest BCUT2D eigenvalue weighted by Crippen LogP contribution is 2.22. The average molecular weight is 321 g/mol. The molecule has 0 spiro atoms. The van der Waals surface area contributed by atoms with E-state index in [0.29, 0.717) is 0 Å². The van der Waals surface area contributed by atoms with Gasteiger partial charge in [-0.3, -0.25) is 4.79 Å². The first-order valence-corrected chi connectivity index (χ1v) is 8.47. The highest BCUT2D eigenvalue weighted by atomic mass is 16.1. The third kappa shape index (κ3) is 3.32. The van der Waals surface area contributed by atoms with Gasteiger partial charge >= 0.3 is 0 Å². The van der Waals surface area contributed by atoms with Crippen molar-refractivity contribution in [2.75, 3.05) is 5.32 Å². The van der Waals surface area contributed by atoms with Crippen molar-refractivity contribution in [3.05, 3.63) is 54.4 Å². The average Bonchev–Trinajstić information content (AvgIpc) is 2.99. The van der Waals surface area contributed by atoms with Gasteiger partial charge in [0.25, 0.3) is 0 Å². The maximum atomic E-state index is 12.2. The van der Waals surface area contributed by atoms with Crippen LogP contribution >= 0.6 is 0 Å². The summed E-state index contributed by atoms with van der Waals surface area (Å²) < 4.78 is 2.02. The largest absolute Gasteiger partial charge is 0.326 e. The minimum absolute atomic E-state index is 0.0753. The highest BCUT2D eigenvalue weighted by Gasteiger charge is 2.14. The Balaban J connectivity index is 1.79. The van der Waals surface area contributed by atoms with E-state index in [9.17, 15) is 4.79 Å². The van der Waals surface area contributed by atoms with E-state index in [1.807, 2.05) is 54.9 Å². The first-order valence-electron chi connectivity index (χ1n) is 8.47. The molecule has 1 aromatic carbocycles. The van der Waals surface area contributed by atoms with Crippen molar-refractivity contribution in [1.82, 2.24) is 9.38 Å². The molecule has 3 rings (SSSR count). The fraction of sp³-hybridized carbons (Fsp3) is 0.300. The van der Waals surface area contributed by atoms with Crippen LogP contribution in [0, 0.1) is 12.8 Å². The van der Waals surface area contributed by atoms with E-state index >= 15 is 0 Å². The van der Waals surface area contributed by atoms with Gasteiger partial charge in [-0.25, -0.2) is 4.98 Å². The monoisotopic (exact) mass is 321 g/mol. The van der Waals surface area contributed by atoms with E-state index in [0.717, 1.165) is 35.4 Å². The van der Waals surface area contributed by atoms with Gasteiger partial charge in [-0.1, -0.05) is 26.0 Å². The fourth-order valence-electron chi connectivity index (χ4n) is 2.85. The molecule has 0 atom stereocenters. The lowest BCUT2D eigenvalue weighted by atomic mass is 10.0. The molecule has 2 heterocycles. The van der Waals surface area contributed by atoms with Gasteiger partial charge in [-0.05, 0) is 49.6 Å². The smallest absolute Gasteiger partial charge is 0.227 e. The van der Waals surface area contributed by atoms with Crippen LogP contribution in [-0.4, -0.2) is 15.3 Å². The van der Waals surface area contributed by atoms with Crippen LogP contribution in [0.15, 0.2) is 48.8 Å². The number of nitrogens with zero attached hydrogens (tertiary/aromatic N) is 2. The SMILES string of the molecule is CCC(CC)C(=O)Nc1ccc(-c2cn3ccc(C)cc3n2)cc1. The maximum Gasteiger partial charge on any atom is 0.227 e. The molecule has 4 nitrogen and oxygen atoms in total. The number of carbonyl (C=O) groups excluding carboxylic acids is 1. The molecule has 0 bridgehead atoms. The van der Waals surface area contributed by atoms with Gasteiger partial charge in [0.2, 0.25) is 5.91 Å². The number of anilines is 1. The molecule has 1 amide bonds. The molecule has 1 N–H and O–H groups in total. The summed E-state index contributed by atoms with van der Waals surface area (Å²) in [4.78, 5) is 16.8. The molecule has 0 aliphatic heterocycles. The fourth-order valence-corrected chi connectivity index (χ4v) is 2.85. The van der Waals surface area contributed by atoms with E-state index in [1.54, 1.807) is 0 Å². The molecule has 3 aromatic rings. The number of carbonyl (C=O) groups is 1. The maximum absolute atomic E-state index is 12.2. The van der Waals surface area contributed by atoms with E-state index in [4.69, 9.17) is 0 Å². The topological polar surface area (TPSA) is 46.4 Å². The lowest BCUT2D eigenvalue weighted by Gasteiger charge is -2.12. The zero-order valence-electron chi connectivity index (χ0n) is 14.4. The lowest BCUT2D eigenvalue weighted by molar-refractivity contribution is -0.120. The Hall–Kier alpha value is -2.62. The number of benzene rings is 1. The number of amides is 1. The second-order valence-electron chi connectivity index (χ2n) is 6.18. The summed E-state index contributed by atoms with van der Waals surface area (Å²) in [5.74, 6) is 0.169. The minimum Gasteiger partial charge on any atom is -0.326 e. The Morgan fingerprint density at radius 3 is 2.54 bits per heavy atom. The molecule has 0 fully saturated rings. The van der Waals surface area contributed by atoms with Crippen molar-refractivity contribution in [2.45, 2.75) is 33.6 Å². The molecule has 0 aliphatic rings. The van der Waals surface area contributed by atoms with Gasteiger partial charge in [-0.2, -0.15) is 0 Å². The number of hydrogen-bond donors (Lipinski definition) is 1. The Labute approximate surface area is 142 Å². The summed E-state index contributed by atoms with van der Waals surface area (Å²) >= 11 is 0. The highest BCUT2D eigenvalue weighted by molar-refractivity contribution is 5.92. The van der Waals surface area contributed by atoms with Gasteiger partial charge < -0.3 is 9.72 Å². The standard InChI is InChI=1S/C20H23N3O/c1-4-15(5-2)20(24)21-17-8-6-16(7-9-17)18-13-23-11-10-14(3)12-19(23)22-18/h6-13,15H,4-5H2,1-3H3,(H,21,24). The predicted molar refractivity (Wildman–Crippen MR) is 98.1 cm³/mol. The van der Waals surface area contributed by atoms with Crippen LogP contribution in [0.5, 0.6) is 0 Å². The Kier molecular flexibility index (Phi) is 4.65. The predicted octanol–water partition coefficient (Wildman–Crippen LogP) is 4.68. The van der Waals surface area contributed by atoms with Crippen molar-refractivity contribution in [1.29, 1.82) is 0 Å². The molecule has 0 saturated heterocycles. The van der Waals surface area contributed by atoms with Crippen molar-refractivity contribution >= 4 is 17.2 Å². The summed E-state index contributed by atoms with van der Waals surface area (Å²) in [5, 5.41) is 2.99. The second-order valence-corrected chi connectivity index (χ2v) is 6.18. The third-order valence-corrected chi connectivity index (χ3v) is 4.42. The zero-order chi connectivity index (χ0) is 17.1. The van der Waals surface area contributed by atoms with Crippen LogP contribution in [0.3, 0.4) is 0 Å². The summed E-state index contributed by atoms with van der Waals surface area (Å²) in [5.41, 5.74) is 4.93. The molecule has 4 heteroatoms. The summed E-state index contributed by atoms with van der Waals surface area (Å²) in [6.45, 7) is 6.15.